The van der Waals surface area contributed by atoms with Crippen molar-refractivity contribution in [3.8, 4) is 0 Å². The molecule has 4 heteroatoms. The molecule has 2 heterocycles. The Kier molecular flexibility index (Phi) is 2.99. The number of carboxylic acid groups (broad SMARTS) is 1. The van der Waals surface area contributed by atoms with Gasteiger partial charge in [-0.3, -0.25) is 4.79 Å². The summed E-state index contributed by atoms with van der Waals surface area (Å²) in [6, 6.07) is 0. The fourth-order valence-electron chi connectivity index (χ4n) is 2.44. The fourth-order valence-corrected chi connectivity index (χ4v) is 2.44. The smallest absolute Gasteiger partial charge is 0.308 e. The Morgan fingerprint density at radius 2 is 2.38 bits per heavy atom. The van der Waals surface area contributed by atoms with Crippen LogP contribution in [-0.2, 0) is 24.2 Å². The van der Waals surface area contributed by atoms with E-state index in [4.69, 9.17) is 5.11 Å². The van der Waals surface area contributed by atoms with E-state index in [1.54, 1.807) is 0 Å². The van der Waals surface area contributed by atoms with Gasteiger partial charge in [0, 0.05) is 18.7 Å². The van der Waals surface area contributed by atoms with E-state index in [-0.39, 0.29) is 5.92 Å². The molecule has 0 saturated carbocycles. The number of rotatable bonds is 3. The number of carboxylic acids is 1. The van der Waals surface area contributed by atoms with Crippen LogP contribution in [0.4, 0.5) is 0 Å². The molecule has 0 radical (unpaired) electrons. The molecule has 0 spiro atoms. The van der Waals surface area contributed by atoms with Gasteiger partial charge in [0.25, 0.3) is 0 Å². The molecule has 2 rings (SSSR count). The van der Waals surface area contributed by atoms with E-state index in [1.807, 2.05) is 6.92 Å². The zero-order chi connectivity index (χ0) is 11.7. The first-order valence-corrected chi connectivity index (χ1v) is 5.91. The minimum Gasteiger partial charge on any atom is -0.481 e. The van der Waals surface area contributed by atoms with Gasteiger partial charge in [-0.15, -0.1) is 0 Å². The molecule has 1 aliphatic rings. The van der Waals surface area contributed by atoms with E-state index in [9.17, 15) is 4.79 Å². The maximum Gasteiger partial charge on any atom is 0.308 e. The van der Waals surface area contributed by atoms with Crippen LogP contribution in [-0.4, -0.2) is 20.6 Å². The van der Waals surface area contributed by atoms with Crippen LogP contribution in [0.1, 0.15) is 37.0 Å². The van der Waals surface area contributed by atoms with E-state index in [0.717, 1.165) is 37.2 Å². The third-order valence-corrected chi connectivity index (χ3v) is 3.31. The lowest BCUT2D eigenvalue weighted by Crippen LogP contribution is -2.27. The van der Waals surface area contributed by atoms with Gasteiger partial charge in [0.1, 0.15) is 5.82 Å². The van der Waals surface area contributed by atoms with Crippen molar-refractivity contribution in [2.75, 3.05) is 0 Å². The summed E-state index contributed by atoms with van der Waals surface area (Å²) in [4.78, 5) is 15.6. The molecule has 1 unspecified atom stereocenters. The topological polar surface area (TPSA) is 55.1 Å². The molecule has 1 aromatic heterocycles. The van der Waals surface area contributed by atoms with Crippen LogP contribution in [0, 0.1) is 12.8 Å². The predicted octanol–water partition coefficient (Wildman–Crippen LogP) is 1.79. The number of imidazole rings is 1. The Bertz CT molecular complexity index is 409. The van der Waals surface area contributed by atoms with E-state index in [0.29, 0.717) is 6.54 Å². The molecule has 0 fully saturated rings. The number of aliphatic carboxylic acids is 1. The molecular formula is C12H18N2O2. The third-order valence-electron chi connectivity index (χ3n) is 3.31. The number of aryl methyl sites for hydroxylation is 2. The summed E-state index contributed by atoms with van der Waals surface area (Å²) >= 11 is 0. The second-order valence-electron chi connectivity index (χ2n) is 4.49. The summed E-state index contributed by atoms with van der Waals surface area (Å²) in [7, 11) is 0. The van der Waals surface area contributed by atoms with Gasteiger partial charge in [-0.05, 0) is 26.2 Å². The highest BCUT2D eigenvalue weighted by Gasteiger charge is 2.27. The standard InChI is InChI=1S/C12H18N2O2/c1-3-4-11-13-8(2)10-6-5-9(12(15)16)7-14(10)11/h9H,3-7H2,1-2H3,(H,15,16). The largest absolute Gasteiger partial charge is 0.481 e. The number of fused-ring (bicyclic) bond motifs is 1. The average molecular weight is 222 g/mol. The molecule has 0 amide bonds. The quantitative estimate of drug-likeness (QED) is 0.848. The zero-order valence-corrected chi connectivity index (χ0v) is 9.86. The zero-order valence-electron chi connectivity index (χ0n) is 9.86. The Morgan fingerprint density at radius 1 is 1.62 bits per heavy atom. The van der Waals surface area contributed by atoms with Gasteiger partial charge >= 0.3 is 5.97 Å². The van der Waals surface area contributed by atoms with Gasteiger partial charge in [0.05, 0.1) is 11.6 Å². The second-order valence-corrected chi connectivity index (χ2v) is 4.49. The molecule has 16 heavy (non-hydrogen) atoms. The van der Waals surface area contributed by atoms with Gasteiger partial charge in [0.2, 0.25) is 0 Å². The summed E-state index contributed by atoms with van der Waals surface area (Å²) in [5.41, 5.74) is 2.31. The van der Waals surface area contributed by atoms with E-state index < -0.39 is 5.97 Å². The van der Waals surface area contributed by atoms with Crippen molar-refractivity contribution in [3.63, 3.8) is 0 Å². The summed E-state index contributed by atoms with van der Waals surface area (Å²) in [6.07, 6.45) is 3.58. The first-order chi connectivity index (χ1) is 7.63. The molecular weight excluding hydrogens is 204 g/mol. The van der Waals surface area contributed by atoms with E-state index >= 15 is 0 Å². The third kappa shape index (κ3) is 1.84. The van der Waals surface area contributed by atoms with Crippen LogP contribution in [0.2, 0.25) is 0 Å². The van der Waals surface area contributed by atoms with Crippen LogP contribution in [0.3, 0.4) is 0 Å². The number of hydrogen-bond acceptors (Lipinski definition) is 2. The first kappa shape index (κ1) is 11.2. The lowest BCUT2D eigenvalue weighted by Gasteiger charge is -2.22. The van der Waals surface area contributed by atoms with Gasteiger partial charge in [-0.25, -0.2) is 4.98 Å². The monoisotopic (exact) mass is 222 g/mol. The van der Waals surface area contributed by atoms with Crippen LogP contribution in [0.25, 0.3) is 0 Å². The molecule has 88 valence electrons. The van der Waals surface area contributed by atoms with Gasteiger partial charge in [-0.1, -0.05) is 6.92 Å². The molecule has 0 saturated heterocycles. The van der Waals surface area contributed by atoms with Crippen molar-refractivity contribution in [2.24, 2.45) is 5.92 Å². The highest BCUT2D eigenvalue weighted by Crippen LogP contribution is 2.25. The van der Waals surface area contributed by atoms with Crippen molar-refractivity contribution >= 4 is 5.97 Å². The summed E-state index contributed by atoms with van der Waals surface area (Å²) in [5, 5.41) is 9.06. The lowest BCUT2D eigenvalue weighted by molar-refractivity contribution is -0.142. The number of hydrogen-bond donors (Lipinski definition) is 1. The summed E-state index contributed by atoms with van der Waals surface area (Å²) in [5.74, 6) is 0.136. The Balaban J connectivity index is 2.31. The molecule has 1 atom stereocenters. The highest BCUT2D eigenvalue weighted by atomic mass is 16.4. The molecule has 0 bridgehead atoms. The molecule has 0 aromatic carbocycles. The van der Waals surface area contributed by atoms with Gasteiger partial charge in [-0.2, -0.15) is 0 Å². The Hall–Kier alpha value is -1.32. The number of nitrogens with zero attached hydrogens (tertiary/aromatic N) is 2. The van der Waals surface area contributed by atoms with E-state index in [1.165, 1.54) is 5.69 Å². The lowest BCUT2D eigenvalue weighted by atomic mass is 9.97. The fraction of sp³-hybridized carbons (Fsp3) is 0.667. The van der Waals surface area contributed by atoms with Crippen LogP contribution in [0.15, 0.2) is 0 Å². The number of carbonyl (C=O) groups is 1. The van der Waals surface area contributed by atoms with Crippen LogP contribution in [0.5, 0.6) is 0 Å². The minimum absolute atomic E-state index is 0.239. The Labute approximate surface area is 95.3 Å². The van der Waals surface area contributed by atoms with Crippen molar-refractivity contribution in [1.29, 1.82) is 0 Å². The molecule has 4 nitrogen and oxygen atoms in total. The van der Waals surface area contributed by atoms with Gasteiger partial charge in [0.15, 0.2) is 0 Å². The SMILES string of the molecule is CCCc1nc(C)c2n1CC(C(=O)O)CC2. The van der Waals surface area contributed by atoms with Crippen molar-refractivity contribution in [1.82, 2.24) is 9.55 Å². The maximum atomic E-state index is 11.0. The van der Waals surface area contributed by atoms with Gasteiger partial charge < -0.3 is 9.67 Å². The van der Waals surface area contributed by atoms with Crippen LogP contribution >= 0.6 is 0 Å². The van der Waals surface area contributed by atoms with E-state index in [2.05, 4.69) is 16.5 Å². The normalized spacial score (nSPS) is 19.5. The number of aromatic nitrogens is 2. The summed E-state index contributed by atoms with van der Waals surface area (Å²) < 4.78 is 2.13. The highest BCUT2D eigenvalue weighted by molar-refractivity contribution is 5.70. The summed E-state index contributed by atoms with van der Waals surface area (Å²) in [6.45, 7) is 4.74. The predicted molar refractivity (Wildman–Crippen MR) is 60.4 cm³/mol. The first-order valence-electron chi connectivity index (χ1n) is 5.91. The van der Waals surface area contributed by atoms with Crippen molar-refractivity contribution < 1.29 is 9.90 Å². The average Bonchev–Trinajstić information content (AvgIpc) is 2.56. The molecule has 1 aliphatic heterocycles. The maximum absolute atomic E-state index is 11.0. The Morgan fingerprint density at radius 3 is 3.00 bits per heavy atom. The second kappa shape index (κ2) is 4.28. The van der Waals surface area contributed by atoms with Crippen molar-refractivity contribution in [3.05, 3.63) is 17.2 Å². The molecule has 0 aliphatic carbocycles. The molecule has 1 aromatic rings. The van der Waals surface area contributed by atoms with Crippen LogP contribution < -0.4 is 0 Å². The molecule has 1 N–H and O–H groups in total. The van der Waals surface area contributed by atoms with Crippen molar-refractivity contribution in [2.45, 2.75) is 46.1 Å². The minimum atomic E-state index is -0.681.